The first-order valence-electron chi connectivity index (χ1n) is 6.39. The molecule has 0 amide bonds. The van der Waals surface area contributed by atoms with Crippen LogP contribution in [0.5, 0.6) is 0 Å². The number of aromatic nitrogens is 1. The number of para-hydroxylation sites is 2. The number of benzene rings is 2. The first-order chi connectivity index (χ1) is 11.1. The van der Waals surface area contributed by atoms with Gasteiger partial charge in [-0.3, -0.25) is 4.79 Å². The molecule has 0 unspecified atom stereocenters. The first-order valence-corrected chi connectivity index (χ1v) is 9.45. The van der Waals surface area contributed by atoms with Crippen molar-refractivity contribution in [3.63, 3.8) is 0 Å². The molecule has 128 valence electrons. The van der Waals surface area contributed by atoms with Gasteiger partial charge >= 0.3 is 15.6 Å². The van der Waals surface area contributed by atoms with Gasteiger partial charge < -0.3 is 24.6 Å². The number of pyridine rings is 1. The van der Waals surface area contributed by atoms with Crippen LogP contribution in [0.15, 0.2) is 53.3 Å². The van der Waals surface area contributed by atoms with Crippen LogP contribution in [-0.2, 0) is 13.4 Å². The second-order valence-corrected chi connectivity index (χ2v) is 7.22. The summed E-state index contributed by atoms with van der Waals surface area (Å²) in [5, 5.41) is 1.49. The van der Waals surface area contributed by atoms with Crippen molar-refractivity contribution in [3.8, 4) is 0 Å². The number of hydrogen-bond donors (Lipinski definition) is 5. The molecule has 24 heavy (non-hydrogen) atoms. The topological polar surface area (TPSA) is 157 Å². The van der Waals surface area contributed by atoms with Gasteiger partial charge in [-0.1, -0.05) is 24.3 Å². The Morgan fingerprint density at radius 2 is 1.12 bits per heavy atom. The molecule has 11 heteroatoms. The van der Waals surface area contributed by atoms with Gasteiger partial charge in [0.05, 0.1) is 0 Å². The Kier molecular flexibility index (Phi) is 5.37. The van der Waals surface area contributed by atoms with Crippen molar-refractivity contribution in [2.45, 2.75) is 0 Å². The van der Waals surface area contributed by atoms with E-state index in [1.165, 1.54) is 0 Å². The Morgan fingerprint density at radius 3 is 1.46 bits per heavy atom. The lowest BCUT2D eigenvalue weighted by Gasteiger charge is -2.03. The number of fused-ring (bicyclic) bond motifs is 2. The fourth-order valence-electron chi connectivity index (χ4n) is 2.01. The van der Waals surface area contributed by atoms with Gasteiger partial charge in [-0.25, -0.2) is 9.13 Å². The van der Waals surface area contributed by atoms with Crippen LogP contribution in [0.4, 0.5) is 0 Å². The minimum atomic E-state index is -5.05. The third kappa shape index (κ3) is 5.09. The predicted molar refractivity (Wildman–Crippen MR) is 87.2 cm³/mol. The number of aromatic amines is 1. The molecule has 1 aromatic heterocycles. The predicted octanol–water partition coefficient (Wildman–Crippen LogP) is 1.87. The molecule has 9 nitrogen and oxygen atoms in total. The summed E-state index contributed by atoms with van der Waals surface area (Å²) in [7, 11) is -10.1. The molecule has 0 spiro atoms. The van der Waals surface area contributed by atoms with Crippen molar-refractivity contribution < 1.29 is 33.0 Å². The number of H-pyrrole nitrogens is 1. The van der Waals surface area contributed by atoms with Gasteiger partial charge in [0.1, 0.15) is 0 Å². The lowest BCUT2D eigenvalue weighted by Crippen LogP contribution is -2.03. The molecule has 0 aliphatic heterocycles. The van der Waals surface area contributed by atoms with E-state index in [-0.39, 0.29) is 5.43 Å². The molecule has 5 N–H and O–H groups in total. The van der Waals surface area contributed by atoms with E-state index in [1.807, 2.05) is 48.5 Å². The third-order valence-corrected chi connectivity index (χ3v) is 4.53. The van der Waals surface area contributed by atoms with Gasteiger partial charge in [0, 0.05) is 21.8 Å². The second kappa shape index (κ2) is 6.96. The fraction of sp³-hybridized carbons (Fsp3) is 0. The SMILES string of the molecule is O=P(O)(O)OP(=O)(O)O.O=c1c2ccccc2[nH]c2ccccc12. The van der Waals surface area contributed by atoms with Crippen LogP contribution in [0, 0.1) is 0 Å². The Balaban J connectivity index is 0.000000202. The largest absolute Gasteiger partial charge is 0.478 e. The molecule has 0 saturated carbocycles. The number of rotatable bonds is 2. The van der Waals surface area contributed by atoms with Gasteiger partial charge in [-0.05, 0) is 24.3 Å². The summed E-state index contributed by atoms with van der Waals surface area (Å²) < 4.78 is 22.2. The van der Waals surface area contributed by atoms with Crippen LogP contribution in [-0.4, -0.2) is 24.6 Å². The standard InChI is InChI=1S/C13H9NO.H4O7P2/c15-13-9-5-1-3-7-11(9)14-12-8-4-2-6-10(12)13;1-8(2,3)7-9(4,5)6/h1-8H,(H,14,15);(H2,1,2,3)(H2,4,5,6). The molecule has 0 fully saturated rings. The molecular formula is C13H13NO8P2. The summed E-state index contributed by atoms with van der Waals surface area (Å²) in [6.45, 7) is 0. The van der Waals surface area contributed by atoms with E-state index in [0.29, 0.717) is 0 Å². The number of nitrogens with one attached hydrogen (secondary N) is 1. The van der Waals surface area contributed by atoms with E-state index in [4.69, 9.17) is 19.6 Å². The zero-order valence-electron chi connectivity index (χ0n) is 11.9. The highest BCUT2D eigenvalue weighted by Crippen LogP contribution is 2.53. The van der Waals surface area contributed by atoms with Crippen LogP contribution in [0.25, 0.3) is 21.8 Å². The van der Waals surface area contributed by atoms with Gasteiger partial charge in [-0.2, -0.15) is 4.31 Å². The number of hydrogen-bond acceptors (Lipinski definition) is 4. The van der Waals surface area contributed by atoms with E-state index in [2.05, 4.69) is 9.29 Å². The fourth-order valence-corrected chi connectivity index (χ4v) is 3.12. The average molecular weight is 373 g/mol. The van der Waals surface area contributed by atoms with Gasteiger partial charge in [0.15, 0.2) is 5.43 Å². The molecule has 2 aromatic carbocycles. The zero-order chi connectivity index (χ0) is 18.0. The highest BCUT2D eigenvalue weighted by Gasteiger charge is 2.27. The van der Waals surface area contributed by atoms with Gasteiger partial charge in [0.25, 0.3) is 0 Å². The van der Waals surface area contributed by atoms with Crippen molar-refractivity contribution in [3.05, 3.63) is 58.8 Å². The summed E-state index contributed by atoms with van der Waals surface area (Å²) in [5.74, 6) is 0. The maximum atomic E-state index is 12.1. The molecule has 3 aromatic rings. The van der Waals surface area contributed by atoms with E-state index < -0.39 is 15.6 Å². The molecule has 0 bridgehead atoms. The molecule has 0 atom stereocenters. The van der Waals surface area contributed by atoms with Crippen molar-refractivity contribution in [2.75, 3.05) is 0 Å². The molecular weight excluding hydrogens is 360 g/mol. The van der Waals surface area contributed by atoms with Crippen molar-refractivity contribution in [1.29, 1.82) is 0 Å². The van der Waals surface area contributed by atoms with Gasteiger partial charge in [-0.15, -0.1) is 0 Å². The maximum Gasteiger partial charge on any atom is 0.478 e. The Labute approximate surface area is 135 Å². The van der Waals surface area contributed by atoms with Crippen molar-refractivity contribution in [1.82, 2.24) is 4.98 Å². The lowest BCUT2D eigenvalue weighted by molar-refractivity contribution is 0.225. The first kappa shape index (κ1) is 18.5. The second-order valence-electron chi connectivity index (χ2n) is 4.61. The monoisotopic (exact) mass is 373 g/mol. The summed E-state index contributed by atoms with van der Waals surface area (Å²) >= 11 is 0. The Bertz CT molecular complexity index is 942. The van der Waals surface area contributed by atoms with Crippen LogP contribution in [0.3, 0.4) is 0 Å². The number of phosphoric acid groups is 2. The Hall–Kier alpha value is -1.83. The van der Waals surface area contributed by atoms with Gasteiger partial charge in [0.2, 0.25) is 0 Å². The average Bonchev–Trinajstić information content (AvgIpc) is 2.44. The minimum absolute atomic E-state index is 0.0972. The normalized spacial score (nSPS) is 12.0. The highest BCUT2D eigenvalue weighted by atomic mass is 31.3. The minimum Gasteiger partial charge on any atom is -0.354 e. The Morgan fingerprint density at radius 1 is 0.750 bits per heavy atom. The molecule has 0 aliphatic rings. The summed E-state index contributed by atoms with van der Waals surface area (Å²) in [6, 6.07) is 15.1. The molecule has 1 heterocycles. The van der Waals surface area contributed by atoms with Crippen LogP contribution < -0.4 is 5.43 Å². The maximum absolute atomic E-state index is 12.1. The highest BCUT2D eigenvalue weighted by molar-refractivity contribution is 7.60. The van der Waals surface area contributed by atoms with Crippen molar-refractivity contribution >= 4 is 37.5 Å². The zero-order valence-corrected chi connectivity index (χ0v) is 13.7. The van der Waals surface area contributed by atoms with E-state index >= 15 is 0 Å². The summed E-state index contributed by atoms with van der Waals surface area (Å²) in [5.41, 5.74) is 1.88. The molecule has 3 rings (SSSR count). The van der Waals surface area contributed by atoms with Crippen LogP contribution >= 0.6 is 15.6 Å². The summed E-state index contributed by atoms with van der Waals surface area (Å²) in [6.07, 6.45) is 0. The van der Waals surface area contributed by atoms with Crippen LogP contribution in [0.2, 0.25) is 0 Å². The van der Waals surface area contributed by atoms with Crippen molar-refractivity contribution in [2.24, 2.45) is 0 Å². The molecule has 0 radical (unpaired) electrons. The van der Waals surface area contributed by atoms with E-state index in [0.717, 1.165) is 21.8 Å². The lowest BCUT2D eigenvalue weighted by atomic mass is 10.1. The summed E-state index contributed by atoms with van der Waals surface area (Å²) in [4.78, 5) is 46.3. The third-order valence-electron chi connectivity index (χ3n) is 2.83. The molecule has 0 aliphatic carbocycles. The van der Waals surface area contributed by atoms with E-state index in [1.54, 1.807) is 0 Å². The quantitative estimate of drug-likeness (QED) is 0.336. The van der Waals surface area contributed by atoms with Crippen LogP contribution in [0.1, 0.15) is 0 Å². The van der Waals surface area contributed by atoms with E-state index in [9.17, 15) is 13.9 Å². The smallest absolute Gasteiger partial charge is 0.354 e. The molecule has 0 saturated heterocycles.